The molecule has 0 bridgehead atoms. The molecule has 2 aliphatic rings. The highest BCUT2D eigenvalue weighted by Gasteiger charge is 2.25. The fraction of sp³-hybridized carbons (Fsp3) is 0.533. The molecular formula is C15H21ClN2O3. The summed E-state index contributed by atoms with van der Waals surface area (Å²) < 4.78 is 11.2. The Morgan fingerprint density at radius 1 is 1.48 bits per heavy atom. The van der Waals surface area contributed by atoms with E-state index in [2.05, 4.69) is 17.6 Å². The Bertz CT molecular complexity index is 532. The van der Waals surface area contributed by atoms with E-state index in [0.717, 1.165) is 36.6 Å². The Morgan fingerprint density at radius 3 is 2.86 bits per heavy atom. The fourth-order valence-electron chi connectivity index (χ4n) is 2.61. The van der Waals surface area contributed by atoms with Crippen LogP contribution in [0.3, 0.4) is 0 Å². The van der Waals surface area contributed by atoms with Gasteiger partial charge in [-0.25, -0.2) is 0 Å². The number of benzene rings is 1. The van der Waals surface area contributed by atoms with Crippen molar-refractivity contribution in [3.63, 3.8) is 0 Å². The highest BCUT2D eigenvalue weighted by Crippen LogP contribution is 2.34. The molecule has 1 saturated heterocycles. The third-order valence-corrected chi connectivity index (χ3v) is 3.90. The molecule has 1 unspecified atom stereocenters. The van der Waals surface area contributed by atoms with Crippen molar-refractivity contribution in [3.8, 4) is 11.5 Å². The minimum atomic E-state index is 0. The van der Waals surface area contributed by atoms with Gasteiger partial charge in [-0.3, -0.25) is 4.79 Å². The Labute approximate surface area is 130 Å². The molecule has 1 fully saturated rings. The summed E-state index contributed by atoms with van der Waals surface area (Å²) in [6.07, 6.45) is 1.12. The summed E-state index contributed by atoms with van der Waals surface area (Å²) in [5, 5.41) is 6.06. The lowest BCUT2D eigenvalue weighted by molar-refractivity contribution is -0.126. The Hall–Kier alpha value is -1.46. The van der Waals surface area contributed by atoms with Crippen LogP contribution in [0.1, 0.15) is 18.1 Å². The highest BCUT2D eigenvalue weighted by atomic mass is 35.5. The van der Waals surface area contributed by atoms with E-state index in [9.17, 15) is 4.79 Å². The van der Waals surface area contributed by atoms with Crippen LogP contribution in [0.4, 0.5) is 0 Å². The van der Waals surface area contributed by atoms with Crippen LogP contribution in [-0.4, -0.2) is 32.2 Å². The number of halogens is 1. The monoisotopic (exact) mass is 312 g/mol. The van der Waals surface area contributed by atoms with Crippen molar-refractivity contribution in [3.05, 3.63) is 23.3 Å². The molecule has 6 heteroatoms. The molecular weight excluding hydrogens is 292 g/mol. The molecule has 0 aliphatic carbocycles. The summed E-state index contributed by atoms with van der Waals surface area (Å²) in [7, 11) is 1.65. The zero-order chi connectivity index (χ0) is 14.1. The number of nitrogens with one attached hydrogen (secondary N) is 2. The first-order valence-corrected chi connectivity index (χ1v) is 7.02. The first-order valence-electron chi connectivity index (χ1n) is 7.02. The molecule has 116 valence electrons. The second-order valence-corrected chi connectivity index (χ2v) is 5.48. The van der Waals surface area contributed by atoms with Gasteiger partial charge < -0.3 is 20.1 Å². The molecule has 1 aromatic rings. The summed E-state index contributed by atoms with van der Waals surface area (Å²) in [5.74, 6) is 1.92. The lowest BCUT2D eigenvalue weighted by atomic mass is 10.0. The normalized spacial score (nSPS) is 19.8. The molecule has 21 heavy (non-hydrogen) atoms. The number of fused-ring (bicyclic) bond motifs is 1. The van der Waals surface area contributed by atoms with E-state index < -0.39 is 0 Å². The summed E-state index contributed by atoms with van der Waals surface area (Å²) in [4.78, 5) is 11.9. The number of hydrogen-bond donors (Lipinski definition) is 2. The van der Waals surface area contributed by atoms with Crippen molar-refractivity contribution in [2.24, 2.45) is 5.92 Å². The van der Waals surface area contributed by atoms with Crippen molar-refractivity contribution in [2.75, 3.05) is 20.2 Å². The number of ether oxygens (including phenoxy) is 2. The lowest BCUT2D eigenvalue weighted by Gasteiger charge is -2.26. The average molecular weight is 313 g/mol. The molecule has 0 aromatic heterocycles. The van der Waals surface area contributed by atoms with E-state index in [1.807, 2.05) is 12.1 Å². The highest BCUT2D eigenvalue weighted by molar-refractivity contribution is 5.85. The van der Waals surface area contributed by atoms with Crippen LogP contribution in [-0.2, 0) is 17.8 Å². The van der Waals surface area contributed by atoms with Crippen molar-refractivity contribution in [2.45, 2.75) is 26.0 Å². The van der Waals surface area contributed by atoms with Gasteiger partial charge in [-0.2, -0.15) is 0 Å². The van der Waals surface area contributed by atoms with Crippen molar-refractivity contribution in [1.29, 1.82) is 0 Å². The van der Waals surface area contributed by atoms with Crippen molar-refractivity contribution in [1.82, 2.24) is 10.6 Å². The number of hydrogen-bond acceptors (Lipinski definition) is 4. The van der Waals surface area contributed by atoms with Gasteiger partial charge in [0.25, 0.3) is 0 Å². The van der Waals surface area contributed by atoms with E-state index in [1.54, 1.807) is 7.11 Å². The standard InChI is InChI=1S/C15H20N2O3.ClH/c1-9-3-10-4-13(19-2)11(5-14(10)20-9)8-17-15(18)12-6-16-7-12;/h4-5,9,12,16H,3,6-8H2,1-2H3,(H,17,18);1H. The second-order valence-electron chi connectivity index (χ2n) is 5.48. The van der Waals surface area contributed by atoms with Gasteiger partial charge >= 0.3 is 0 Å². The van der Waals surface area contributed by atoms with Crippen LogP contribution in [0.2, 0.25) is 0 Å². The average Bonchev–Trinajstić information content (AvgIpc) is 2.72. The smallest absolute Gasteiger partial charge is 0.225 e. The SMILES string of the molecule is COc1cc2c(cc1CNC(=O)C1CNC1)OC(C)C2.Cl. The molecule has 0 spiro atoms. The molecule has 1 atom stereocenters. The molecule has 0 saturated carbocycles. The van der Waals surface area contributed by atoms with Crippen LogP contribution < -0.4 is 20.1 Å². The maximum Gasteiger partial charge on any atom is 0.225 e. The quantitative estimate of drug-likeness (QED) is 0.879. The zero-order valence-corrected chi connectivity index (χ0v) is 13.1. The Morgan fingerprint density at radius 2 is 2.24 bits per heavy atom. The molecule has 1 amide bonds. The second kappa shape index (κ2) is 6.54. The van der Waals surface area contributed by atoms with Gasteiger partial charge in [0.15, 0.2) is 0 Å². The van der Waals surface area contributed by atoms with E-state index in [4.69, 9.17) is 9.47 Å². The largest absolute Gasteiger partial charge is 0.496 e. The van der Waals surface area contributed by atoms with E-state index in [0.29, 0.717) is 6.54 Å². The molecule has 2 heterocycles. The van der Waals surface area contributed by atoms with E-state index in [-0.39, 0.29) is 30.3 Å². The lowest BCUT2D eigenvalue weighted by Crippen LogP contribution is -2.50. The minimum absolute atomic E-state index is 0. The molecule has 2 aliphatic heterocycles. The number of amides is 1. The van der Waals surface area contributed by atoms with Gasteiger partial charge in [-0.15, -0.1) is 12.4 Å². The van der Waals surface area contributed by atoms with Gasteiger partial charge in [0.2, 0.25) is 5.91 Å². The molecule has 5 nitrogen and oxygen atoms in total. The Kier molecular flexibility index (Phi) is 4.96. The first kappa shape index (κ1) is 15.9. The van der Waals surface area contributed by atoms with Gasteiger partial charge in [0.1, 0.15) is 17.6 Å². The third kappa shape index (κ3) is 3.24. The van der Waals surface area contributed by atoms with E-state index >= 15 is 0 Å². The maximum absolute atomic E-state index is 11.9. The first-order chi connectivity index (χ1) is 9.67. The van der Waals surface area contributed by atoms with E-state index in [1.165, 1.54) is 5.56 Å². The molecule has 1 aromatic carbocycles. The Balaban J connectivity index is 0.00000161. The van der Waals surface area contributed by atoms with Gasteiger partial charge in [0.05, 0.1) is 13.0 Å². The van der Waals surface area contributed by atoms with Crippen LogP contribution in [0.25, 0.3) is 0 Å². The summed E-state index contributed by atoms with van der Waals surface area (Å²) in [5.41, 5.74) is 2.13. The molecule has 0 radical (unpaired) electrons. The minimum Gasteiger partial charge on any atom is -0.496 e. The number of carbonyl (C=O) groups excluding carboxylic acids is 1. The maximum atomic E-state index is 11.9. The van der Waals surface area contributed by atoms with Crippen molar-refractivity contribution >= 4 is 18.3 Å². The molecule has 3 rings (SSSR count). The van der Waals surface area contributed by atoms with Crippen LogP contribution in [0, 0.1) is 5.92 Å². The van der Waals surface area contributed by atoms with Gasteiger partial charge in [-0.05, 0) is 19.1 Å². The van der Waals surface area contributed by atoms with Crippen molar-refractivity contribution < 1.29 is 14.3 Å². The van der Waals surface area contributed by atoms with Crippen LogP contribution >= 0.6 is 12.4 Å². The van der Waals surface area contributed by atoms with Gasteiger partial charge in [0, 0.05) is 37.2 Å². The fourth-order valence-corrected chi connectivity index (χ4v) is 2.61. The van der Waals surface area contributed by atoms with Crippen LogP contribution in [0.15, 0.2) is 12.1 Å². The number of methoxy groups -OCH3 is 1. The van der Waals surface area contributed by atoms with Gasteiger partial charge in [-0.1, -0.05) is 0 Å². The third-order valence-electron chi connectivity index (χ3n) is 3.90. The zero-order valence-electron chi connectivity index (χ0n) is 12.3. The predicted octanol–water partition coefficient (Wildman–Crippen LogP) is 1.28. The molecule has 2 N–H and O–H groups in total. The topological polar surface area (TPSA) is 59.6 Å². The number of rotatable bonds is 4. The summed E-state index contributed by atoms with van der Waals surface area (Å²) >= 11 is 0. The summed E-state index contributed by atoms with van der Waals surface area (Å²) in [6, 6.07) is 4.00. The summed E-state index contributed by atoms with van der Waals surface area (Å²) in [6.45, 7) is 4.07. The predicted molar refractivity (Wildman–Crippen MR) is 82.2 cm³/mol. The number of carbonyl (C=O) groups is 1. The van der Waals surface area contributed by atoms with Crippen LogP contribution in [0.5, 0.6) is 11.5 Å².